The summed E-state index contributed by atoms with van der Waals surface area (Å²) in [5.74, 6) is 0.227. The molecule has 3 rings (SSSR count). The Labute approximate surface area is 117 Å². The van der Waals surface area contributed by atoms with Crippen LogP contribution in [-0.2, 0) is 0 Å². The molecule has 0 atom stereocenters. The van der Waals surface area contributed by atoms with Crippen LogP contribution in [0.15, 0.2) is 48.5 Å². The maximum atomic E-state index is 13.6. The molecule has 0 aromatic heterocycles. The van der Waals surface area contributed by atoms with E-state index >= 15 is 0 Å². The van der Waals surface area contributed by atoms with Gasteiger partial charge in [-0.05, 0) is 42.5 Å². The molecule has 0 bridgehead atoms. The number of halogens is 2. The van der Waals surface area contributed by atoms with Crippen LogP contribution >= 0.6 is 11.6 Å². The second kappa shape index (κ2) is 5.22. The van der Waals surface area contributed by atoms with E-state index in [1.54, 1.807) is 6.07 Å². The minimum atomic E-state index is -0.0938. The van der Waals surface area contributed by atoms with Crippen LogP contribution in [0.5, 0.6) is 0 Å². The van der Waals surface area contributed by atoms with Crippen LogP contribution in [0.2, 0.25) is 5.02 Å². The first-order valence-corrected chi connectivity index (χ1v) is 6.87. The van der Waals surface area contributed by atoms with E-state index < -0.39 is 0 Å². The summed E-state index contributed by atoms with van der Waals surface area (Å²) in [7, 11) is 0. The maximum absolute atomic E-state index is 13.6. The molecular weight excluding hydrogens is 261 g/mol. The first kappa shape index (κ1) is 12.5. The van der Waals surface area contributed by atoms with Crippen LogP contribution in [-0.4, -0.2) is 6.04 Å². The van der Waals surface area contributed by atoms with Crippen LogP contribution in [0.4, 0.5) is 10.1 Å². The first-order chi connectivity index (χ1) is 9.24. The zero-order valence-corrected chi connectivity index (χ0v) is 11.2. The fourth-order valence-corrected chi connectivity index (χ4v) is 2.78. The molecule has 0 heterocycles. The largest absolute Gasteiger partial charge is 0.381 e. The zero-order valence-electron chi connectivity index (χ0n) is 10.4. The fourth-order valence-electron chi connectivity index (χ4n) is 2.59. The van der Waals surface area contributed by atoms with E-state index in [0.717, 1.165) is 29.1 Å². The van der Waals surface area contributed by atoms with Crippen molar-refractivity contribution in [3.63, 3.8) is 0 Å². The van der Waals surface area contributed by atoms with Crippen molar-refractivity contribution in [2.24, 2.45) is 0 Å². The van der Waals surface area contributed by atoms with Crippen LogP contribution in [0.1, 0.15) is 24.3 Å². The molecule has 3 heteroatoms. The number of anilines is 1. The van der Waals surface area contributed by atoms with Gasteiger partial charge in [0.05, 0.1) is 10.7 Å². The van der Waals surface area contributed by atoms with Crippen molar-refractivity contribution < 1.29 is 4.39 Å². The lowest BCUT2D eigenvalue weighted by Gasteiger charge is -2.37. The summed E-state index contributed by atoms with van der Waals surface area (Å²) in [6.07, 6.45) is 1.90. The summed E-state index contributed by atoms with van der Waals surface area (Å²) in [6, 6.07) is 15.1. The van der Waals surface area contributed by atoms with Crippen molar-refractivity contribution in [1.29, 1.82) is 0 Å². The lowest BCUT2D eigenvalue weighted by Crippen LogP contribution is -2.34. The Morgan fingerprint density at radius 3 is 2.42 bits per heavy atom. The minimum Gasteiger partial charge on any atom is -0.381 e. The average molecular weight is 276 g/mol. The Kier molecular flexibility index (Phi) is 3.43. The van der Waals surface area contributed by atoms with Gasteiger partial charge in [0.2, 0.25) is 0 Å². The highest BCUT2D eigenvalue weighted by Crippen LogP contribution is 2.40. The number of rotatable bonds is 3. The van der Waals surface area contributed by atoms with Gasteiger partial charge in [0.1, 0.15) is 5.82 Å². The molecule has 0 spiro atoms. The van der Waals surface area contributed by atoms with Gasteiger partial charge in [-0.2, -0.15) is 0 Å². The van der Waals surface area contributed by atoms with E-state index in [1.807, 2.05) is 36.4 Å². The molecule has 1 N–H and O–H groups in total. The third-order valence-electron chi connectivity index (χ3n) is 3.72. The summed E-state index contributed by atoms with van der Waals surface area (Å²) >= 11 is 6.11. The van der Waals surface area contributed by atoms with Gasteiger partial charge in [0, 0.05) is 6.04 Å². The van der Waals surface area contributed by atoms with E-state index in [1.165, 1.54) is 6.07 Å². The van der Waals surface area contributed by atoms with Crippen molar-refractivity contribution in [3.05, 3.63) is 64.9 Å². The molecule has 2 aromatic carbocycles. The zero-order chi connectivity index (χ0) is 13.2. The molecule has 0 unspecified atom stereocenters. The monoisotopic (exact) mass is 275 g/mol. The third-order valence-corrected chi connectivity index (χ3v) is 4.05. The van der Waals surface area contributed by atoms with Gasteiger partial charge in [-0.25, -0.2) is 4.39 Å². The van der Waals surface area contributed by atoms with E-state index in [4.69, 9.17) is 11.6 Å². The van der Waals surface area contributed by atoms with Crippen LogP contribution < -0.4 is 5.32 Å². The lowest BCUT2D eigenvalue weighted by atomic mass is 9.75. The van der Waals surface area contributed by atoms with Gasteiger partial charge in [-0.1, -0.05) is 41.9 Å². The standard InChI is InChI=1S/C16H15ClFN/c17-14-6-2-4-8-16(14)19-12-9-11(10-12)13-5-1-3-7-15(13)18/h1-8,11-12,19H,9-10H2. The molecule has 0 aliphatic heterocycles. The Morgan fingerprint density at radius 1 is 1.00 bits per heavy atom. The normalized spacial score (nSPS) is 21.8. The van der Waals surface area contributed by atoms with E-state index in [2.05, 4.69) is 5.32 Å². The molecule has 0 saturated heterocycles. The molecule has 19 heavy (non-hydrogen) atoms. The number of benzene rings is 2. The maximum Gasteiger partial charge on any atom is 0.126 e. The Bertz CT molecular complexity index is 578. The highest BCUT2D eigenvalue weighted by Gasteiger charge is 2.31. The summed E-state index contributed by atoms with van der Waals surface area (Å²) in [4.78, 5) is 0. The SMILES string of the molecule is Fc1ccccc1C1CC(Nc2ccccc2Cl)C1. The van der Waals surface area contributed by atoms with Crippen LogP contribution in [0.25, 0.3) is 0 Å². The molecule has 1 nitrogen and oxygen atoms in total. The predicted molar refractivity (Wildman–Crippen MR) is 77.2 cm³/mol. The number of para-hydroxylation sites is 1. The van der Waals surface area contributed by atoms with E-state index in [-0.39, 0.29) is 5.82 Å². The summed E-state index contributed by atoms with van der Waals surface area (Å²) in [5, 5.41) is 4.14. The smallest absolute Gasteiger partial charge is 0.126 e. The van der Waals surface area contributed by atoms with Crippen LogP contribution in [0.3, 0.4) is 0 Å². The van der Waals surface area contributed by atoms with Crippen molar-refractivity contribution in [2.45, 2.75) is 24.8 Å². The Balaban J connectivity index is 1.62. The topological polar surface area (TPSA) is 12.0 Å². The highest BCUT2D eigenvalue weighted by molar-refractivity contribution is 6.33. The van der Waals surface area contributed by atoms with Crippen molar-refractivity contribution in [3.8, 4) is 0 Å². The minimum absolute atomic E-state index is 0.0938. The second-order valence-electron chi connectivity index (χ2n) is 5.01. The van der Waals surface area contributed by atoms with Gasteiger partial charge in [-0.3, -0.25) is 0 Å². The molecule has 0 radical (unpaired) electrons. The highest BCUT2D eigenvalue weighted by atomic mass is 35.5. The number of hydrogen-bond acceptors (Lipinski definition) is 1. The van der Waals surface area contributed by atoms with Gasteiger partial charge in [0.15, 0.2) is 0 Å². The molecule has 1 saturated carbocycles. The van der Waals surface area contributed by atoms with Crippen molar-refractivity contribution >= 4 is 17.3 Å². The Hall–Kier alpha value is -1.54. The summed E-state index contributed by atoms with van der Waals surface area (Å²) in [5.41, 5.74) is 1.79. The molecule has 1 fully saturated rings. The molecule has 2 aromatic rings. The van der Waals surface area contributed by atoms with Crippen molar-refractivity contribution in [2.75, 3.05) is 5.32 Å². The van der Waals surface area contributed by atoms with Gasteiger partial charge in [0.25, 0.3) is 0 Å². The molecule has 1 aliphatic rings. The van der Waals surface area contributed by atoms with E-state index in [9.17, 15) is 4.39 Å². The van der Waals surface area contributed by atoms with Gasteiger partial charge < -0.3 is 5.32 Å². The summed E-state index contributed by atoms with van der Waals surface area (Å²) in [6.45, 7) is 0. The van der Waals surface area contributed by atoms with Gasteiger partial charge in [-0.15, -0.1) is 0 Å². The molecule has 98 valence electrons. The average Bonchev–Trinajstić information content (AvgIpc) is 2.37. The van der Waals surface area contributed by atoms with E-state index in [0.29, 0.717) is 12.0 Å². The fraction of sp³-hybridized carbons (Fsp3) is 0.250. The molecule has 0 amide bonds. The number of nitrogens with one attached hydrogen (secondary N) is 1. The molecular formula is C16H15ClFN. The lowest BCUT2D eigenvalue weighted by molar-refractivity contribution is 0.363. The third kappa shape index (κ3) is 2.59. The van der Waals surface area contributed by atoms with Gasteiger partial charge >= 0.3 is 0 Å². The Morgan fingerprint density at radius 2 is 1.68 bits per heavy atom. The number of hydrogen-bond donors (Lipinski definition) is 1. The first-order valence-electron chi connectivity index (χ1n) is 6.49. The quantitative estimate of drug-likeness (QED) is 0.845. The summed E-state index contributed by atoms with van der Waals surface area (Å²) < 4.78 is 13.6. The van der Waals surface area contributed by atoms with Crippen molar-refractivity contribution in [1.82, 2.24) is 0 Å². The second-order valence-corrected chi connectivity index (χ2v) is 5.42. The molecule has 1 aliphatic carbocycles. The van der Waals surface area contributed by atoms with Crippen LogP contribution in [0, 0.1) is 5.82 Å². The predicted octanol–water partition coefficient (Wildman–Crippen LogP) is 4.84.